The van der Waals surface area contributed by atoms with Crippen molar-refractivity contribution in [2.75, 3.05) is 0 Å². The minimum Gasteiger partial charge on any atom is -0.507 e. The number of fused-ring (bicyclic) bond motifs is 1. The molecule has 1 fully saturated rings. The van der Waals surface area contributed by atoms with Crippen LogP contribution in [-0.4, -0.2) is 26.0 Å². The van der Waals surface area contributed by atoms with E-state index in [2.05, 4.69) is 22.9 Å². The van der Waals surface area contributed by atoms with Gasteiger partial charge in [0.2, 0.25) is 0 Å². The van der Waals surface area contributed by atoms with E-state index in [-0.39, 0.29) is 18.1 Å². The standard InChI is InChI=1S/C29H30N2O4/c1-19(16-28(33)34)21-11-13-23(14-12-21)35-18-20-10-15-24-26(17-20)31(22-6-2-3-7-22)30-29(24)25-8-4-5-9-27(25)32/h4-5,8-15,17,19,22,32H,2-3,6-7,16,18H2,1H3,(H,33,34). The van der Waals surface area contributed by atoms with Gasteiger partial charge in [-0.1, -0.05) is 56.2 Å². The highest BCUT2D eigenvalue weighted by atomic mass is 16.5. The Morgan fingerprint density at radius 1 is 1.09 bits per heavy atom. The quantitative estimate of drug-likeness (QED) is 0.300. The molecular formula is C29H30N2O4. The number of hydrogen-bond donors (Lipinski definition) is 2. The fourth-order valence-electron chi connectivity index (χ4n) is 5.01. The number of carboxylic acid groups (broad SMARTS) is 1. The lowest BCUT2D eigenvalue weighted by atomic mass is 9.98. The average Bonchev–Trinajstić information content (AvgIpc) is 3.51. The van der Waals surface area contributed by atoms with Crippen molar-refractivity contribution in [2.45, 2.75) is 57.6 Å². The first kappa shape index (κ1) is 23.0. The Balaban J connectivity index is 1.40. The zero-order valence-electron chi connectivity index (χ0n) is 19.9. The van der Waals surface area contributed by atoms with Gasteiger partial charge in [-0.05, 0) is 60.2 Å². The van der Waals surface area contributed by atoms with E-state index in [1.807, 2.05) is 49.4 Å². The molecule has 1 unspecified atom stereocenters. The summed E-state index contributed by atoms with van der Waals surface area (Å²) in [5.74, 6) is 0.142. The number of rotatable bonds is 8. The zero-order valence-corrected chi connectivity index (χ0v) is 19.9. The van der Waals surface area contributed by atoms with Crippen molar-refractivity contribution in [3.63, 3.8) is 0 Å². The van der Waals surface area contributed by atoms with Gasteiger partial charge < -0.3 is 14.9 Å². The van der Waals surface area contributed by atoms with Gasteiger partial charge in [0.05, 0.1) is 18.0 Å². The number of benzene rings is 3. The largest absolute Gasteiger partial charge is 0.507 e. The first-order valence-corrected chi connectivity index (χ1v) is 12.2. The molecule has 0 amide bonds. The van der Waals surface area contributed by atoms with E-state index in [1.54, 1.807) is 6.07 Å². The van der Waals surface area contributed by atoms with Crippen LogP contribution < -0.4 is 4.74 Å². The molecule has 35 heavy (non-hydrogen) atoms. The Bertz CT molecular complexity index is 1340. The van der Waals surface area contributed by atoms with E-state index in [0.717, 1.165) is 51.9 Å². The van der Waals surface area contributed by atoms with Crippen LogP contribution in [0.4, 0.5) is 0 Å². The van der Waals surface area contributed by atoms with Gasteiger partial charge in [0, 0.05) is 10.9 Å². The second-order valence-corrected chi connectivity index (χ2v) is 9.46. The maximum absolute atomic E-state index is 11.0. The molecule has 1 aliphatic carbocycles. The van der Waals surface area contributed by atoms with Crippen molar-refractivity contribution in [2.24, 2.45) is 0 Å². The lowest BCUT2D eigenvalue weighted by Crippen LogP contribution is -2.06. The predicted molar refractivity (Wildman–Crippen MR) is 136 cm³/mol. The van der Waals surface area contributed by atoms with Crippen LogP contribution >= 0.6 is 0 Å². The number of phenolic OH excluding ortho intramolecular Hbond substituents is 1. The summed E-state index contributed by atoms with van der Waals surface area (Å²) in [5, 5.41) is 25.5. The first-order valence-electron chi connectivity index (χ1n) is 12.2. The number of carbonyl (C=O) groups is 1. The summed E-state index contributed by atoms with van der Waals surface area (Å²) in [4.78, 5) is 11.0. The van der Waals surface area contributed by atoms with E-state index in [4.69, 9.17) is 14.9 Å². The van der Waals surface area contributed by atoms with Crippen LogP contribution in [0.3, 0.4) is 0 Å². The molecular weight excluding hydrogens is 440 g/mol. The summed E-state index contributed by atoms with van der Waals surface area (Å²) in [7, 11) is 0. The zero-order chi connectivity index (χ0) is 24.4. The molecule has 180 valence electrons. The molecule has 1 atom stereocenters. The molecule has 6 heteroatoms. The van der Waals surface area contributed by atoms with Gasteiger partial charge in [-0.25, -0.2) is 0 Å². The molecule has 1 aromatic heterocycles. The van der Waals surface area contributed by atoms with Crippen LogP contribution in [0.2, 0.25) is 0 Å². The van der Waals surface area contributed by atoms with Crippen molar-refractivity contribution < 1.29 is 19.7 Å². The smallest absolute Gasteiger partial charge is 0.303 e. The van der Waals surface area contributed by atoms with Crippen molar-refractivity contribution in [3.8, 4) is 22.8 Å². The van der Waals surface area contributed by atoms with E-state index < -0.39 is 5.97 Å². The fourth-order valence-corrected chi connectivity index (χ4v) is 5.01. The van der Waals surface area contributed by atoms with Crippen molar-refractivity contribution in [3.05, 3.63) is 77.9 Å². The Morgan fingerprint density at radius 3 is 2.54 bits per heavy atom. The molecule has 0 bridgehead atoms. The average molecular weight is 471 g/mol. The molecule has 1 heterocycles. The molecule has 1 saturated carbocycles. The molecule has 4 aromatic rings. The summed E-state index contributed by atoms with van der Waals surface area (Å²) in [5.41, 5.74) is 4.65. The van der Waals surface area contributed by atoms with Crippen molar-refractivity contribution in [1.29, 1.82) is 0 Å². The van der Waals surface area contributed by atoms with E-state index in [1.165, 1.54) is 12.8 Å². The van der Waals surface area contributed by atoms with Crippen LogP contribution in [0.15, 0.2) is 66.7 Å². The normalized spacial score (nSPS) is 14.9. The fraction of sp³-hybridized carbons (Fsp3) is 0.310. The minimum absolute atomic E-state index is 0.0434. The molecule has 0 saturated heterocycles. The van der Waals surface area contributed by atoms with Gasteiger partial charge in [0.1, 0.15) is 23.8 Å². The monoisotopic (exact) mass is 470 g/mol. The summed E-state index contributed by atoms with van der Waals surface area (Å²) < 4.78 is 8.19. The number of carboxylic acids is 1. The highest BCUT2D eigenvalue weighted by molar-refractivity contribution is 5.95. The van der Waals surface area contributed by atoms with Gasteiger partial charge in [-0.15, -0.1) is 0 Å². The highest BCUT2D eigenvalue weighted by Crippen LogP contribution is 2.38. The number of nitrogens with zero attached hydrogens (tertiary/aromatic N) is 2. The minimum atomic E-state index is -0.796. The second-order valence-electron chi connectivity index (χ2n) is 9.46. The van der Waals surface area contributed by atoms with Crippen LogP contribution in [0.5, 0.6) is 11.5 Å². The van der Waals surface area contributed by atoms with Crippen molar-refractivity contribution in [1.82, 2.24) is 9.78 Å². The number of ether oxygens (including phenoxy) is 1. The molecule has 3 aromatic carbocycles. The van der Waals surface area contributed by atoms with Gasteiger partial charge in [-0.2, -0.15) is 5.10 Å². The molecule has 0 spiro atoms. The lowest BCUT2D eigenvalue weighted by molar-refractivity contribution is -0.137. The molecule has 0 radical (unpaired) electrons. The van der Waals surface area contributed by atoms with Crippen LogP contribution in [-0.2, 0) is 11.4 Å². The van der Waals surface area contributed by atoms with Gasteiger partial charge in [-0.3, -0.25) is 9.48 Å². The Morgan fingerprint density at radius 2 is 1.83 bits per heavy atom. The van der Waals surface area contributed by atoms with Gasteiger partial charge in [0.25, 0.3) is 0 Å². The third-order valence-corrected chi connectivity index (χ3v) is 6.94. The summed E-state index contributed by atoms with van der Waals surface area (Å²) in [6, 6.07) is 21.6. The van der Waals surface area contributed by atoms with E-state index >= 15 is 0 Å². The number of phenols is 1. The summed E-state index contributed by atoms with van der Waals surface area (Å²) in [6.07, 6.45) is 4.76. The summed E-state index contributed by atoms with van der Waals surface area (Å²) >= 11 is 0. The SMILES string of the molecule is CC(CC(=O)O)c1ccc(OCc2ccc3c(-c4ccccc4O)nn(C4CCCC4)c3c2)cc1. The number of para-hydroxylation sites is 1. The number of aromatic hydroxyl groups is 1. The number of aromatic nitrogens is 2. The van der Waals surface area contributed by atoms with E-state index in [0.29, 0.717) is 12.6 Å². The third kappa shape index (κ3) is 4.87. The van der Waals surface area contributed by atoms with Crippen LogP contribution in [0.25, 0.3) is 22.2 Å². The third-order valence-electron chi connectivity index (χ3n) is 6.94. The van der Waals surface area contributed by atoms with Crippen molar-refractivity contribution >= 4 is 16.9 Å². The Labute approximate surface area is 204 Å². The Hall–Kier alpha value is -3.80. The molecule has 2 N–H and O–H groups in total. The first-order chi connectivity index (χ1) is 17.0. The topological polar surface area (TPSA) is 84.6 Å². The highest BCUT2D eigenvalue weighted by Gasteiger charge is 2.23. The number of aliphatic carboxylic acids is 1. The van der Waals surface area contributed by atoms with Gasteiger partial charge in [0.15, 0.2) is 0 Å². The maximum Gasteiger partial charge on any atom is 0.303 e. The summed E-state index contributed by atoms with van der Waals surface area (Å²) in [6.45, 7) is 2.33. The van der Waals surface area contributed by atoms with Crippen LogP contribution in [0.1, 0.15) is 62.1 Å². The molecule has 5 rings (SSSR count). The predicted octanol–water partition coefficient (Wildman–Crippen LogP) is 6.68. The van der Waals surface area contributed by atoms with E-state index in [9.17, 15) is 9.90 Å². The molecule has 0 aliphatic heterocycles. The Kier molecular flexibility index (Phi) is 6.45. The second kappa shape index (κ2) is 9.82. The number of hydrogen-bond acceptors (Lipinski definition) is 4. The lowest BCUT2D eigenvalue weighted by Gasteiger charge is -2.13. The van der Waals surface area contributed by atoms with Gasteiger partial charge >= 0.3 is 5.97 Å². The molecule has 6 nitrogen and oxygen atoms in total. The molecule has 1 aliphatic rings. The maximum atomic E-state index is 11.0. The van der Waals surface area contributed by atoms with Crippen LogP contribution in [0, 0.1) is 0 Å².